The first-order chi connectivity index (χ1) is 18.1. The van der Waals surface area contributed by atoms with Crippen molar-refractivity contribution in [2.75, 3.05) is 51.3 Å². The highest BCUT2D eigenvalue weighted by Crippen LogP contribution is 2.39. The van der Waals surface area contributed by atoms with Crippen molar-refractivity contribution >= 4 is 15.7 Å². The van der Waals surface area contributed by atoms with E-state index in [1.54, 1.807) is 30.3 Å². The molecule has 11 heteroatoms. The van der Waals surface area contributed by atoms with Gasteiger partial charge in [0.25, 0.3) is 0 Å². The van der Waals surface area contributed by atoms with E-state index < -0.39 is 21.7 Å². The molecule has 2 aliphatic heterocycles. The summed E-state index contributed by atoms with van der Waals surface area (Å²) < 4.78 is 62.8. The summed E-state index contributed by atoms with van der Waals surface area (Å²) in [5.74, 6) is -0.727. The topological polar surface area (TPSA) is 78.9 Å². The van der Waals surface area contributed by atoms with Gasteiger partial charge in [0.05, 0.1) is 23.3 Å². The molecule has 38 heavy (non-hydrogen) atoms. The van der Waals surface area contributed by atoms with E-state index in [1.807, 2.05) is 25.8 Å². The van der Waals surface area contributed by atoms with Crippen LogP contribution in [-0.2, 0) is 16.4 Å². The first-order valence-electron chi connectivity index (χ1n) is 12.7. The van der Waals surface area contributed by atoms with E-state index in [9.17, 15) is 17.2 Å². The Balaban J connectivity index is 1.39. The second-order valence-electron chi connectivity index (χ2n) is 9.95. The zero-order valence-corrected chi connectivity index (χ0v) is 22.5. The summed E-state index contributed by atoms with van der Waals surface area (Å²) in [5, 5.41) is 0. The number of piperazine rings is 1. The molecule has 3 heterocycles. The number of hydrogen-bond acceptors (Lipinski definition) is 7. The van der Waals surface area contributed by atoms with Crippen molar-refractivity contribution in [1.82, 2.24) is 19.2 Å². The molecule has 5 rings (SSSR count). The number of anilines is 1. The maximum atomic E-state index is 14.9. The van der Waals surface area contributed by atoms with E-state index in [4.69, 9.17) is 4.74 Å². The van der Waals surface area contributed by atoms with E-state index in [2.05, 4.69) is 14.9 Å². The SMILES string of the molecule is CC(C)N1CCOc2c(F)cc(-c3nc(Cc4ccc(S(=O)(=O)N5CCN(C)CC5)cc4)ncc3F)cc21. The number of ether oxygens (including phenoxy) is 1. The van der Waals surface area contributed by atoms with Gasteiger partial charge in [-0.1, -0.05) is 12.1 Å². The number of likely N-dealkylation sites (N-methyl/N-ethyl adjacent to an activating group) is 1. The Morgan fingerprint density at radius 3 is 2.39 bits per heavy atom. The average molecular weight is 544 g/mol. The van der Waals surface area contributed by atoms with Gasteiger partial charge in [-0.2, -0.15) is 4.31 Å². The molecule has 1 fully saturated rings. The number of sulfonamides is 1. The molecule has 3 aromatic rings. The fraction of sp³-hybridized carbons (Fsp3) is 0.407. The highest BCUT2D eigenvalue weighted by Gasteiger charge is 2.28. The van der Waals surface area contributed by atoms with Crippen LogP contribution in [0.15, 0.2) is 47.5 Å². The van der Waals surface area contributed by atoms with Crippen molar-refractivity contribution in [1.29, 1.82) is 0 Å². The van der Waals surface area contributed by atoms with Crippen LogP contribution in [0, 0.1) is 11.6 Å². The summed E-state index contributed by atoms with van der Waals surface area (Å²) in [6.45, 7) is 7.29. The number of benzene rings is 2. The molecule has 0 saturated carbocycles. The maximum absolute atomic E-state index is 14.9. The van der Waals surface area contributed by atoms with Gasteiger partial charge >= 0.3 is 0 Å². The molecule has 1 saturated heterocycles. The third-order valence-corrected chi connectivity index (χ3v) is 8.90. The monoisotopic (exact) mass is 543 g/mol. The zero-order chi connectivity index (χ0) is 27.0. The molecule has 0 atom stereocenters. The predicted molar refractivity (Wildman–Crippen MR) is 141 cm³/mol. The van der Waals surface area contributed by atoms with Gasteiger partial charge in [-0.15, -0.1) is 0 Å². The Morgan fingerprint density at radius 1 is 1.00 bits per heavy atom. The second-order valence-corrected chi connectivity index (χ2v) is 11.9. The first kappa shape index (κ1) is 26.5. The highest BCUT2D eigenvalue weighted by atomic mass is 32.2. The van der Waals surface area contributed by atoms with Crippen LogP contribution in [0.2, 0.25) is 0 Å². The fourth-order valence-corrected chi connectivity index (χ4v) is 6.23. The van der Waals surface area contributed by atoms with Gasteiger partial charge < -0.3 is 14.5 Å². The number of hydrogen-bond donors (Lipinski definition) is 0. The maximum Gasteiger partial charge on any atom is 0.243 e. The van der Waals surface area contributed by atoms with Crippen LogP contribution in [0.1, 0.15) is 25.2 Å². The Hall–Kier alpha value is -3.15. The predicted octanol–water partition coefficient (Wildman–Crippen LogP) is 3.56. The van der Waals surface area contributed by atoms with Gasteiger partial charge in [-0.25, -0.2) is 27.2 Å². The summed E-state index contributed by atoms with van der Waals surface area (Å²) >= 11 is 0. The number of rotatable bonds is 6. The summed E-state index contributed by atoms with van der Waals surface area (Å²) in [7, 11) is -1.60. The number of nitrogens with zero attached hydrogens (tertiary/aromatic N) is 5. The Labute approximate surface area is 221 Å². The van der Waals surface area contributed by atoms with Crippen molar-refractivity contribution < 1.29 is 21.9 Å². The highest BCUT2D eigenvalue weighted by molar-refractivity contribution is 7.89. The first-order valence-corrected chi connectivity index (χ1v) is 14.1. The molecule has 0 amide bonds. The van der Waals surface area contributed by atoms with Crippen LogP contribution in [0.5, 0.6) is 5.75 Å². The third-order valence-electron chi connectivity index (χ3n) is 6.99. The summed E-state index contributed by atoms with van der Waals surface area (Å²) in [4.78, 5) is 12.9. The fourth-order valence-electron chi connectivity index (χ4n) is 4.81. The lowest BCUT2D eigenvalue weighted by Crippen LogP contribution is -2.46. The van der Waals surface area contributed by atoms with E-state index in [1.165, 1.54) is 10.4 Å². The van der Waals surface area contributed by atoms with Gasteiger partial charge in [0, 0.05) is 44.2 Å². The van der Waals surface area contributed by atoms with E-state index >= 15 is 0 Å². The molecule has 0 unspecified atom stereocenters. The van der Waals surface area contributed by atoms with Crippen LogP contribution >= 0.6 is 0 Å². The molecule has 0 bridgehead atoms. The van der Waals surface area contributed by atoms with Gasteiger partial charge in [0.2, 0.25) is 10.0 Å². The van der Waals surface area contributed by atoms with E-state index in [0.29, 0.717) is 56.4 Å². The summed E-state index contributed by atoms with van der Waals surface area (Å²) in [6.07, 6.45) is 1.34. The molecule has 0 radical (unpaired) electrons. The lowest BCUT2D eigenvalue weighted by atomic mass is 10.1. The molecule has 202 valence electrons. The molecule has 2 aliphatic rings. The van der Waals surface area contributed by atoms with Crippen LogP contribution < -0.4 is 9.64 Å². The van der Waals surface area contributed by atoms with Gasteiger partial charge in [-0.3, -0.25) is 0 Å². The number of halogens is 2. The summed E-state index contributed by atoms with van der Waals surface area (Å²) in [5.41, 5.74) is 1.64. The van der Waals surface area contributed by atoms with Crippen molar-refractivity contribution in [2.24, 2.45) is 0 Å². The molecule has 0 spiro atoms. The standard InChI is InChI=1S/C27H31F2N5O3S/c1-18(2)34-12-13-37-27-22(28)15-20(16-24(27)34)26-23(29)17-30-25(31-26)14-19-4-6-21(7-5-19)38(35,36)33-10-8-32(3)9-11-33/h4-7,15-18H,8-14H2,1-3H3. The van der Waals surface area contributed by atoms with Gasteiger partial charge in [0.1, 0.15) is 18.1 Å². The van der Waals surface area contributed by atoms with Crippen LogP contribution in [0.3, 0.4) is 0 Å². The van der Waals surface area contributed by atoms with Crippen molar-refractivity contribution in [3.8, 4) is 17.0 Å². The lowest BCUT2D eigenvalue weighted by molar-refractivity contribution is 0.222. The minimum absolute atomic E-state index is 0.000226. The Morgan fingerprint density at radius 2 is 1.71 bits per heavy atom. The van der Waals surface area contributed by atoms with Crippen LogP contribution in [-0.4, -0.2) is 80.0 Å². The van der Waals surface area contributed by atoms with Crippen LogP contribution in [0.4, 0.5) is 14.5 Å². The van der Waals surface area contributed by atoms with Crippen molar-refractivity contribution in [3.63, 3.8) is 0 Å². The third kappa shape index (κ3) is 5.23. The minimum atomic E-state index is -3.57. The van der Waals surface area contributed by atoms with Gasteiger partial charge in [-0.05, 0) is 50.7 Å². The molecule has 2 aromatic carbocycles. The molecule has 1 aromatic heterocycles. The molecule has 0 aliphatic carbocycles. The quantitative estimate of drug-likeness (QED) is 0.471. The Bertz CT molecular complexity index is 1430. The van der Waals surface area contributed by atoms with E-state index in [-0.39, 0.29) is 28.8 Å². The van der Waals surface area contributed by atoms with E-state index in [0.717, 1.165) is 11.8 Å². The van der Waals surface area contributed by atoms with Crippen molar-refractivity contribution in [3.05, 3.63) is 65.6 Å². The minimum Gasteiger partial charge on any atom is -0.486 e. The van der Waals surface area contributed by atoms with Crippen molar-refractivity contribution in [2.45, 2.75) is 31.2 Å². The normalized spacial score (nSPS) is 16.9. The lowest BCUT2D eigenvalue weighted by Gasteiger charge is -2.34. The average Bonchev–Trinajstić information content (AvgIpc) is 2.90. The largest absolute Gasteiger partial charge is 0.486 e. The smallest absolute Gasteiger partial charge is 0.243 e. The summed E-state index contributed by atoms with van der Waals surface area (Å²) in [6, 6.07) is 9.62. The molecular weight excluding hydrogens is 512 g/mol. The van der Waals surface area contributed by atoms with Crippen LogP contribution in [0.25, 0.3) is 11.3 Å². The van der Waals surface area contributed by atoms with Gasteiger partial charge in [0.15, 0.2) is 17.4 Å². The number of aromatic nitrogens is 2. The Kier molecular flexibility index (Phi) is 7.34. The number of fused-ring (bicyclic) bond motifs is 1. The molecule has 0 N–H and O–H groups in total. The molecular formula is C27H31F2N5O3S. The zero-order valence-electron chi connectivity index (χ0n) is 21.7. The second kappa shape index (κ2) is 10.5. The molecule has 8 nitrogen and oxygen atoms in total.